The largest absolute Gasteiger partial charge is 0.330 e. The molecule has 1 aromatic carbocycles. The van der Waals surface area contributed by atoms with Crippen LogP contribution >= 0.6 is 24.2 Å². The highest BCUT2D eigenvalue weighted by Gasteiger charge is 2.20. The van der Waals surface area contributed by atoms with E-state index in [-0.39, 0.29) is 12.4 Å². The van der Waals surface area contributed by atoms with Crippen molar-refractivity contribution in [1.29, 1.82) is 0 Å². The molecule has 0 aliphatic carbocycles. The molecule has 2 rings (SSSR count). The topological polar surface area (TPSA) is 26.0 Å². The first-order chi connectivity index (χ1) is 5.42. The van der Waals surface area contributed by atoms with Gasteiger partial charge < -0.3 is 5.73 Å². The minimum atomic E-state index is 0. The fraction of sp³-hybridized carbons (Fsp3) is 0.333. The second-order valence-electron chi connectivity index (χ2n) is 2.78. The SMILES string of the molecule is Cl.NCC1CSc2ccccc21. The van der Waals surface area contributed by atoms with E-state index in [0.29, 0.717) is 5.92 Å². The Kier molecular flexibility index (Phi) is 3.44. The van der Waals surface area contributed by atoms with E-state index in [1.807, 2.05) is 11.8 Å². The van der Waals surface area contributed by atoms with Crippen LogP contribution in [0.3, 0.4) is 0 Å². The fourth-order valence-corrected chi connectivity index (χ4v) is 2.70. The highest BCUT2D eigenvalue weighted by atomic mass is 35.5. The molecule has 1 nitrogen and oxygen atoms in total. The summed E-state index contributed by atoms with van der Waals surface area (Å²) in [6.45, 7) is 0.782. The van der Waals surface area contributed by atoms with Gasteiger partial charge in [-0.05, 0) is 11.6 Å². The molecule has 0 saturated heterocycles. The lowest BCUT2D eigenvalue weighted by Crippen LogP contribution is -2.11. The van der Waals surface area contributed by atoms with Gasteiger partial charge in [-0.3, -0.25) is 0 Å². The van der Waals surface area contributed by atoms with Crippen molar-refractivity contribution in [2.24, 2.45) is 5.73 Å². The summed E-state index contributed by atoms with van der Waals surface area (Å²) in [4.78, 5) is 1.42. The quantitative estimate of drug-likeness (QED) is 0.755. The predicted molar refractivity (Wildman–Crippen MR) is 56.2 cm³/mol. The van der Waals surface area contributed by atoms with Crippen LogP contribution in [0.5, 0.6) is 0 Å². The van der Waals surface area contributed by atoms with Crippen molar-refractivity contribution in [3.05, 3.63) is 29.8 Å². The second-order valence-corrected chi connectivity index (χ2v) is 3.84. The third kappa shape index (κ3) is 1.60. The molecule has 1 heterocycles. The normalized spacial score (nSPS) is 19.9. The molecule has 1 aromatic rings. The van der Waals surface area contributed by atoms with Gasteiger partial charge in [-0.15, -0.1) is 24.2 Å². The number of nitrogens with two attached hydrogens (primary N) is 1. The Labute approximate surface area is 83.1 Å². The first-order valence-corrected chi connectivity index (χ1v) is 4.82. The summed E-state index contributed by atoms with van der Waals surface area (Å²) in [6, 6.07) is 8.54. The highest BCUT2D eigenvalue weighted by molar-refractivity contribution is 7.99. The average molecular weight is 202 g/mol. The molecular formula is C9H12ClNS. The zero-order chi connectivity index (χ0) is 7.68. The maximum Gasteiger partial charge on any atom is 0.0108 e. The highest BCUT2D eigenvalue weighted by Crippen LogP contribution is 2.38. The Morgan fingerprint density at radius 1 is 1.42 bits per heavy atom. The van der Waals surface area contributed by atoms with Crippen LogP contribution in [0.15, 0.2) is 29.2 Å². The Morgan fingerprint density at radius 3 is 2.92 bits per heavy atom. The van der Waals surface area contributed by atoms with Crippen LogP contribution in [0.4, 0.5) is 0 Å². The van der Waals surface area contributed by atoms with Gasteiger partial charge >= 0.3 is 0 Å². The van der Waals surface area contributed by atoms with Crippen LogP contribution in [0.2, 0.25) is 0 Å². The van der Waals surface area contributed by atoms with E-state index in [2.05, 4.69) is 24.3 Å². The number of thioether (sulfide) groups is 1. The van der Waals surface area contributed by atoms with E-state index in [9.17, 15) is 0 Å². The van der Waals surface area contributed by atoms with E-state index in [1.165, 1.54) is 10.5 Å². The standard InChI is InChI=1S/C9H11NS.ClH/c10-5-7-6-11-9-4-2-1-3-8(7)9;/h1-4,7H,5-6,10H2;1H. The summed E-state index contributed by atoms with van der Waals surface area (Å²) in [5, 5.41) is 0. The predicted octanol–water partition coefficient (Wildman–Crippen LogP) is 2.26. The molecule has 0 spiro atoms. The molecule has 66 valence electrons. The molecule has 1 aliphatic rings. The van der Waals surface area contributed by atoms with Gasteiger partial charge in [-0.1, -0.05) is 18.2 Å². The Morgan fingerprint density at radius 2 is 2.17 bits per heavy atom. The van der Waals surface area contributed by atoms with Gasteiger partial charge in [0.2, 0.25) is 0 Å². The summed E-state index contributed by atoms with van der Waals surface area (Å²) in [7, 11) is 0. The molecule has 0 radical (unpaired) electrons. The number of benzene rings is 1. The molecule has 0 amide bonds. The van der Waals surface area contributed by atoms with Gasteiger partial charge in [0.15, 0.2) is 0 Å². The molecule has 3 heteroatoms. The van der Waals surface area contributed by atoms with Crippen LogP contribution in [0.1, 0.15) is 11.5 Å². The van der Waals surface area contributed by atoms with Crippen LogP contribution in [-0.2, 0) is 0 Å². The number of hydrogen-bond acceptors (Lipinski definition) is 2. The number of hydrogen-bond donors (Lipinski definition) is 1. The maximum absolute atomic E-state index is 5.64. The van der Waals surface area contributed by atoms with Crippen molar-refractivity contribution in [3.63, 3.8) is 0 Å². The van der Waals surface area contributed by atoms with E-state index < -0.39 is 0 Å². The molecule has 0 saturated carbocycles. The number of rotatable bonds is 1. The van der Waals surface area contributed by atoms with Crippen LogP contribution in [0.25, 0.3) is 0 Å². The number of fused-ring (bicyclic) bond motifs is 1. The van der Waals surface area contributed by atoms with E-state index in [1.54, 1.807) is 0 Å². The number of halogens is 1. The smallest absolute Gasteiger partial charge is 0.0108 e. The van der Waals surface area contributed by atoms with Crippen molar-refractivity contribution >= 4 is 24.2 Å². The third-order valence-corrected chi connectivity index (χ3v) is 3.34. The lowest BCUT2D eigenvalue weighted by molar-refractivity contribution is 0.787. The molecule has 1 unspecified atom stereocenters. The zero-order valence-corrected chi connectivity index (χ0v) is 8.33. The summed E-state index contributed by atoms with van der Waals surface area (Å²) >= 11 is 1.92. The molecule has 1 atom stereocenters. The molecule has 0 fully saturated rings. The lowest BCUT2D eigenvalue weighted by Gasteiger charge is -2.04. The van der Waals surface area contributed by atoms with E-state index in [4.69, 9.17) is 5.73 Å². The van der Waals surface area contributed by atoms with Crippen molar-refractivity contribution < 1.29 is 0 Å². The monoisotopic (exact) mass is 201 g/mol. The lowest BCUT2D eigenvalue weighted by atomic mass is 10.0. The van der Waals surface area contributed by atoms with Crippen molar-refractivity contribution in [3.8, 4) is 0 Å². The molecule has 0 bridgehead atoms. The zero-order valence-electron chi connectivity index (χ0n) is 6.69. The molecule has 12 heavy (non-hydrogen) atoms. The Balaban J connectivity index is 0.000000720. The maximum atomic E-state index is 5.64. The van der Waals surface area contributed by atoms with Crippen molar-refractivity contribution in [2.45, 2.75) is 10.8 Å². The summed E-state index contributed by atoms with van der Waals surface area (Å²) in [6.07, 6.45) is 0. The Bertz CT molecular complexity index is 264. The second kappa shape index (κ2) is 4.17. The molecule has 2 N–H and O–H groups in total. The van der Waals surface area contributed by atoms with Gasteiger partial charge in [0.05, 0.1) is 0 Å². The van der Waals surface area contributed by atoms with Crippen LogP contribution in [-0.4, -0.2) is 12.3 Å². The Hall–Kier alpha value is -0.180. The van der Waals surface area contributed by atoms with Gasteiger partial charge in [-0.25, -0.2) is 0 Å². The molecule has 1 aliphatic heterocycles. The van der Waals surface area contributed by atoms with Crippen LogP contribution < -0.4 is 5.73 Å². The molecular weight excluding hydrogens is 190 g/mol. The summed E-state index contributed by atoms with van der Waals surface area (Å²) in [5.41, 5.74) is 7.08. The van der Waals surface area contributed by atoms with Crippen molar-refractivity contribution in [2.75, 3.05) is 12.3 Å². The summed E-state index contributed by atoms with van der Waals surface area (Å²) in [5.74, 6) is 1.76. The molecule has 0 aromatic heterocycles. The van der Waals surface area contributed by atoms with Gasteiger partial charge in [0.25, 0.3) is 0 Å². The van der Waals surface area contributed by atoms with Crippen LogP contribution in [0, 0.1) is 0 Å². The minimum Gasteiger partial charge on any atom is -0.330 e. The summed E-state index contributed by atoms with van der Waals surface area (Å²) < 4.78 is 0. The van der Waals surface area contributed by atoms with Gasteiger partial charge in [-0.2, -0.15) is 0 Å². The van der Waals surface area contributed by atoms with Gasteiger partial charge in [0, 0.05) is 23.1 Å². The fourth-order valence-electron chi connectivity index (χ4n) is 1.42. The van der Waals surface area contributed by atoms with Gasteiger partial charge in [0.1, 0.15) is 0 Å². The van der Waals surface area contributed by atoms with Crippen molar-refractivity contribution in [1.82, 2.24) is 0 Å². The average Bonchev–Trinajstić information content (AvgIpc) is 2.47. The van der Waals surface area contributed by atoms with E-state index in [0.717, 1.165) is 12.3 Å². The third-order valence-electron chi connectivity index (χ3n) is 2.08. The minimum absolute atomic E-state index is 0. The van der Waals surface area contributed by atoms with E-state index >= 15 is 0 Å². The first-order valence-electron chi connectivity index (χ1n) is 3.83. The first kappa shape index (κ1) is 9.90.